The van der Waals surface area contributed by atoms with E-state index in [0.717, 1.165) is 19.3 Å². The van der Waals surface area contributed by atoms with Crippen LogP contribution in [0, 0.1) is 5.82 Å². The van der Waals surface area contributed by atoms with Gasteiger partial charge in [0.05, 0.1) is 18.8 Å². The van der Waals surface area contributed by atoms with E-state index in [2.05, 4.69) is 0 Å². The SMILES string of the molecule is O=C(c1ccc(F)cc1)N1CCO[C@H]2CCCC[C@H]21. The lowest BCUT2D eigenvalue weighted by Crippen LogP contribution is -2.54. The molecule has 102 valence electrons. The average Bonchev–Trinajstić information content (AvgIpc) is 2.47. The number of benzene rings is 1. The number of nitrogens with zero attached hydrogens (tertiary/aromatic N) is 1. The van der Waals surface area contributed by atoms with Crippen molar-refractivity contribution < 1.29 is 13.9 Å². The van der Waals surface area contributed by atoms with Crippen molar-refractivity contribution in [3.05, 3.63) is 35.6 Å². The molecule has 1 saturated carbocycles. The number of rotatable bonds is 1. The number of carbonyl (C=O) groups excluding carboxylic acids is 1. The van der Waals surface area contributed by atoms with Crippen LogP contribution in [0.5, 0.6) is 0 Å². The summed E-state index contributed by atoms with van der Waals surface area (Å²) in [4.78, 5) is 14.4. The molecule has 2 fully saturated rings. The monoisotopic (exact) mass is 263 g/mol. The molecule has 3 rings (SSSR count). The van der Waals surface area contributed by atoms with E-state index in [9.17, 15) is 9.18 Å². The Morgan fingerprint density at radius 1 is 1.21 bits per heavy atom. The van der Waals surface area contributed by atoms with Gasteiger partial charge in [-0.05, 0) is 37.1 Å². The maximum atomic E-state index is 12.9. The number of hydrogen-bond donors (Lipinski definition) is 0. The molecule has 0 spiro atoms. The van der Waals surface area contributed by atoms with Crippen molar-refractivity contribution in [2.24, 2.45) is 0 Å². The molecule has 0 N–H and O–H groups in total. The highest BCUT2D eigenvalue weighted by Gasteiger charge is 2.36. The summed E-state index contributed by atoms with van der Waals surface area (Å²) in [5.74, 6) is -0.311. The van der Waals surface area contributed by atoms with Gasteiger partial charge in [-0.1, -0.05) is 12.8 Å². The lowest BCUT2D eigenvalue weighted by molar-refractivity contribution is -0.0752. The van der Waals surface area contributed by atoms with Gasteiger partial charge in [-0.2, -0.15) is 0 Å². The van der Waals surface area contributed by atoms with Gasteiger partial charge in [0.25, 0.3) is 5.91 Å². The molecule has 1 amide bonds. The highest BCUT2D eigenvalue weighted by atomic mass is 19.1. The Hall–Kier alpha value is -1.42. The minimum Gasteiger partial charge on any atom is -0.374 e. The number of hydrogen-bond acceptors (Lipinski definition) is 2. The Balaban J connectivity index is 1.79. The van der Waals surface area contributed by atoms with Crippen molar-refractivity contribution in [1.82, 2.24) is 4.90 Å². The first-order valence-electron chi connectivity index (χ1n) is 6.94. The second kappa shape index (κ2) is 5.29. The number of carbonyl (C=O) groups is 1. The first-order valence-corrected chi connectivity index (χ1v) is 6.94. The maximum absolute atomic E-state index is 12.9. The summed E-state index contributed by atoms with van der Waals surface area (Å²) in [5, 5.41) is 0. The van der Waals surface area contributed by atoms with E-state index < -0.39 is 0 Å². The summed E-state index contributed by atoms with van der Waals surface area (Å²) in [6.45, 7) is 1.24. The molecule has 3 nitrogen and oxygen atoms in total. The molecule has 0 unspecified atom stereocenters. The summed E-state index contributed by atoms with van der Waals surface area (Å²) < 4.78 is 18.7. The molecule has 2 atom stereocenters. The van der Waals surface area contributed by atoms with Gasteiger partial charge >= 0.3 is 0 Å². The van der Waals surface area contributed by atoms with E-state index in [0.29, 0.717) is 18.7 Å². The lowest BCUT2D eigenvalue weighted by Gasteiger charge is -2.43. The van der Waals surface area contributed by atoms with Crippen LogP contribution in [0.3, 0.4) is 0 Å². The smallest absolute Gasteiger partial charge is 0.254 e. The molecule has 4 heteroatoms. The van der Waals surface area contributed by atoms with Crippen molar-refractivity contribution in [3.8, 4) is 0 Å². The van der Waals surface area contributed by atoms with Crippen LogP contribution in [-0.2, 0) is 4.74 Å². The molecule has 0 bridgehead atoms. The molecule has 2 aliphatic rings. The van der Waals surface area contributed by atoms with Crippen molar-refractivity contribution in [2.45, 2.75) is 37.8 Å². The molecule has 1 aliphatic carbocycles. The van der Waals surface area contributed by atoms with Gasteiger partial charge < -0.3 is 9.64 Å². The quantitative estimate of drug-likeness (QED) is 0.779. The zero-order valence-corrected chi connectivity index (χ0v) is 10.8. The Bertz CT molecular complexity index is 458. The predicted molar refractivity (Wildman–Crippen MR) is 69.4 cm³/mol. The van der Waals surface area contributed by atoms with E-state index in [-0.39, 0.29) is 23.9 Å². The standard InChI is InChI=1S/C15H18FNO2/c16-12-7-5-11(6-8-12)15(18)17-9-10-19-14-4-2-1-3-13(14)17/h5-8,13-14H,1-4,9-10H2/t13-,14+/m1/s1. The van der Waals surface area contributed by atoms with Gasteiger partial charge in [-0.25, -0.2) is 4.39 Å². The Morgan fingerprint density at radius 2 is 1.95 bits per heavy atom. The normalized spacial score (nSPS) is 26.9. The third-order valence-electron chi connectivity index (χ3n) is 4.08. The third-order valence-corrected chi connectivity index (χ3v) is 4.08. The van der Waals surface area contributed by atoms with Crippen LogP contribution >= 0.6 is 0 Å². The fraction of sp³-hybridized carbons (Fsp3) is 0.533. The van der Waals surface area contributed by atoms with E-state index in [1.807, 2.05) is 4.90 Å². The van der Waals surface area contributed by atoms with Crippen molar-refractivity contribution in [3.63, 3.8) is 0 Å². The van der Waals surface area contributed by atoms with E-state index in [1.165, 1.54) is 18.6 Å². The predicted octanol–water partition coefficient (Wildman–Crippen LogP) is 2.61. The van der Waals surface area contributed by atoms with Crippen LogP contribution < -0.4 is 0 Å². The van der Waals surface area contributed by atoms with Gasteiger partial charge in [0.2, 0.25) is 0 Å². The number of ether oxygens (including phenoxy) is 1. The van der Waals surface area contributed by atoms with Gasteiger partial charge in [-0.15, -0.1) is 0 Å². The zero-order chi connectivity index (χ0) is 13.2. The summed E-state index contributed by atoms with van der Waals surface area (Å²) in [7, 11) is 0. The molecular formula is C15H18FNO2. The third kappa shape index (κ3) is 2.50. The van der Waals surface area contributed by atoms with Crippen molar-refractivity contribution >= 4 is 5.91 Å². The molecule has 1 saturated heterocycles. The molecule has 1 aliphatic heterocycles. The Kier molecular flexibility index (Phi) is 3.51. The van der Waals surface area contributed by atoms with Crippen LogP contribution in [0.1, 0.15) is 36.0 Å². The Morgan fingerprint density at radius 3 is 2.74 bits per heavy atom. The zero-order valence-electron chi connectivity index (χ0n) is 10.8. The van der Waals surface area contributed by atoms with Crippen LogP contribution in [0.4, 0.5) is 4.39 Å². The number of fused-ring (bicyclic) bond motifs is 1. The summed E-state index contributed by atoms with van der Waals surface area (Å²) in [5.41, 5.74) is 0.563. The highest BCUT2D eigenvalue weighted by Crippen LogP contribution is 2.29. The molecule has 19 heavy (non-hydrogen) atoms. The molecule has 0 radical (unpaired) electrons. The largest absolute Gasteiger partial charge is 0.374 e. The van der Waals surface area contributed by atoms with Gasteiger partial charge in [-0.3, -0.25) is 4.79 Å². The molecule has 1 heterocycles. The number of amides is 1. The first-order chi connectivity index (χ1) is 9.25. The van der Waals surface area contributed by atoms with Crippen LogP contribution in [0.25, 0.3) is 0 Å². The van der Waals surface area contributed by atoms with E-state index >= 15 is 0 Å². The van der Waals surface area contributed by atoms with Gasteiger partial charge in [0, 0.05) is 12.1 Å². The van der Waals surface area contributed by atoms with Gasteiger partial charge in [0.15, 0.2) is 0 Å². The van der Waals surface area contributed by atoms with Crippen LogP contribution in [0.2, 0.25) is 0 Å². The molecule has 0 aromatic heterocycles. The van der Waals surface area contributed by atoms with Crippen molar-refractivity contribution in [2.75, 3.05) is 13.2 Å². The van der Waals surface area contributed by atoms with Crippen LogP contribution in [0.15, 0.2) is 24.3 Å². The van der Waals surface area contributed by atoms with Crippen LogP contribution in [-0.4, -0.2) is 36.1 Å². The van der Waals surface area contributed by atoms with E-state index in [4.69, 9.17) is 4.74 Å². The minimum absolute atomic E-state index is 0.000185. The number of morpholine rings is 1. The highest BCUT2D eigenvalue weighted by molar-refractivity contribution is 5.94. The minimum atomic E-state index is -0.311. The Labute approximate surface area is 112 Å². The summed E-state index contributed by atoms with van der Waals surface area (Å²) >= 11 is 0. The summed E-state index contributed by atoms with van der Waals surface area (Å²) in [6.07, 6.45) is 4.57. The van der Waals surface area contributed by atoms with E-state index in [1.54, 1.807) is 12.1 Å². The number of halogens is 1. The first kappa shape index (κ1) is 12.6. The summed E-state index contributed by atoms with van der Waals surface area (Å²) in [6, 6.07) is 5.99. The molecule has 1 aromatic carbocycles. The average molecular weight is 263 g/mol. The van der Waals surface area contributed by atoms with Gasteiger partial charge in [0.1, 0.15) is 5.82 Å². The molecular weight excluding hydrogens is 245 g/mol. The fourth-order valence-electron chi connectivity index (χ4n) is 3.11. The second-order valence-electron chi connectivity index (χ2n) is 5.27. The molecule has 1 aromatic rings. The second-order valence-corrected chi connectivity index (χ2v) is 5.27. The lowest BCUT2D eigenvalue weighted by atomic mass is 9.89. The topological polar surface area (TPSA) is 29.5 Å². The van der Waals surface area contributed by atoms with Crippen molar-refractivity contribution in [1.29, 1.82) is 0 Å². The maximum Gasteiger partial charge on any atom is 0.254 e. The fourth-order valence-corrected chi connectivity index (χ4v) is 3.11.